The van der Waals surface area contributed by atoms with Crippen molar-refractivity contribution in [1.29, 1.82) is 5.26 Å². The van der Waals surface area contributed by atoms with Crippen LogP contribution in [0.5, 0.6) is 0 Å². The fourth-order valence-corrected chi connectivity index (χ4v) is 5.05. The van der Waals surface area contributed by atoms with Crippen LogP contribution in [-0.2, 0) is 16.8 Å². The number of amides is 1. The lowest BCUT2D eigenvalue weighted by molar-refractivity contribution is -0.131. The van der Waals surface area contributed by atoms with Gasteiger partial charge in [-0.3, -0.25) is 4.79 Å². The monoisotopic (exact) mass is 439 g/mol. The maximum absolute atomic E-state index is 12.9. The zero-order chi connectivity index (χ0) is 22.6. The number of rotatable bonds is 6. The van der Waals surface area contributed by atoms with Gasteiger partial charge in [-0.1, -0.05) is 76.1 Å². The average molecular weight is 440 g/mol. The summed E-state index contributed by atoms with van der Waals surface area (Å²) in [6, 6.07) is 10.9. The number of nitrogens with zero attached hydrogens (tertiary/aromatic N) is 5. The lowest BCUT2D eigenvalue weighted by atomic mass is 9.81. The van der Waals surface area contributed by atoms with E-state index in [1.165, 1.54) is 17.3 Å². The molecule has 1 aromatic carbocycles. The average Bonchev–Trinajstić information content (AvgIpc) is 3.19. The Bertz CT molecular complexity index is 946. The van der Waals surface area contributed by atoms with Gasteiger partial charge in [-0.05, 0) is 30.7 Å². The predicted molar refractivity (Wildman–Crippen MR) is 125 cm³/mol. The van der Waals surface area contributed by atoms with Crippen molar-refractivity contribution in [2.45, 2.75) is 82.5 Å². The van der Waals surface area contributed by atoms with E-state index in [-0.39, 0.29) is 17.1 Å². The van der Waals surface area contributed by atoms with Crippen LogP contribution in [0.15, 0.2) is 29.4 Å². The van der Waals surface area contributed by atoms with E-state index < -0.39 is 5.54 Å². The van der Waals surface area contributed by atoms with Crippen LogP contribution in [0.4, 0.5) is 0 Å². The number of thioether (sulfide) groups is 1. The van der Waals surface area contributed by atoms with Crippen molar-refractivity contribution < 1.29 is 4.79 Å². The molecule has 1 aromatic heterocycles. The van der Waals surface area contributed by atoms with E-state index in [1.54, 1.807) is 11.9 Å². The number of hydrogen-bond acceptors (Lipinski definition) is 5. The number of carbonyl (C=O) groups is 1. The van der Waals surface area contributed by atoms with Crippen molar-refractivity contribution in [2.75, 3.05) is 12.8 Å². The number of hydrogen-bond donors (Lipinski definition) is 0. The lowest BCUT2D eigenvalue weighted by Crippen LogP contribution is -2.50. The molecule has 6 nitrogen and oxygen atoms in total. The van der Waals surface area contributed by atoms with Crippen molar-refractivity contribution >= 4 is 17.7 Å². The van der Waals surface area contributed by atoms with Crippen LogP contribution < -0.4 is 0 Å². The molecule has 7 heteroatoms. The molecular weight excluding hydrogens is 406 g/mol. The van der Waals surface area contributed by atoms with Crippen molar-refractivity contribution in [3.05, 3.63) is 29.8 Å². The van der Waals surface area contributed by atoms with Crippen LogP contribution >= 0.6 is 11.8 Å². The number of aromatic nitrogens is 3. The Morgan fingerprint density at radius 2 is 1.84 bits per heavy atom. The molecule has 0 unspecified atom stereocenters. The first-order valence-corrected chi connectivity index (χ1v) is 12.1. The van der Waals surface area contributed by atoms with Crippen LogP contribution in [0.1, 0.15) is 65.4 Å². The molecule has 0 saturated heterocycles. The molecule has 1 aliphatic rings. The molecular formula is C24H33N5OS. The van der Waals surface area contributed by atoms with E-state index in [0.717, 1.165) is 55.2 Å². The van der Waals surface area contributed by atoms with Crippen LogP contribution in [0, 0.1) is 11.3 Å². The number of carbonyl (C=O) groups excluding carboxylic acids is 1. The highest BCUT2D eigenvalue weighted by atomic mass is 32.2. The fraction of sp³-hybridized carbons (Fsp3) is 0.583. The van der Waals surface area contributed by atoms with Gasteiger partial charge in [0.15, 0.2) is 11.0 Å². The van der Waals surface area contributed by atoms with Crippen LogP contribution in [0.2, 0.25) is 0 Å². The summed E-state index contributed by atoms with van der Waals surface area (Å²) in [5.41, 5.74) is 1.73. The van der Waals surface area contributed by atoms with Crippen molar-refractivity contribution in [1.82, 2.24) is 19.7 Å². The second-order valence-electron chi connectivity index (χ2n) is 9.32. The van der Waals surface area contributed by atoms with Crippen LogP contribution in [0.25, 0.3) is 11.4 Å². The first kappa shape index (κ1) is 23.3. The molecule has 0 spiro atoms. The Balaban J connectivity index is 1.72. The molecule has 0 atom stereocenters. The molecule has 1 amide bonds. The summed E-state index contributed by atoms with van der Waals surface area (Å²) in [5, 5.41) is 19.2. The van der Waals surface area contributed by atoms with Crippen molar-refractivity contribution in [3.63, 3.8) is 0 Å². The molecule has 0 aliphatic heterocycles. The maximum atomic E-state index is 12.9. The number of nitriles is 1. The first-order valence-electron chi connectivity index (χ1n) is 11.1. The van der Waals surface area contributed by atoms with Gasteiger partial charge in [0, 0.05) is 19.2 Å². The quantitative estimate of drug-likeness (QED) is 0.590. The summed E-state index contributed by atoms with van der Waals surface area (Å²) in [7, 11) is 1.77. The van der Waals surface area contributed by atoms with Gasteiger partial charge in [-0.25, -0.2) is 0 Å². The summed E-state index contributed by atoms with van der Waals surface area (Å²) in [6.45, 7) is 9.37. The molecule has 1 aliphatic carbocycles. The second-order valence-corrected chi connectivity index (χ2v) is 10.3. The van der Waals surface area contributed by atoms with Gasteiger partial charge in [0.05, 0.1) is 11.8 Å². The van der Waals surface area contributed by atoms with Gasteiger partial charge in [0.25, 0.3) is 0 Å². The normalized spacial score (nSPS) is 16.0. The second kappa shape index (κ2) is 9.44. The Morgan fingerprint density at radius 3 is 2.39 bits per heavy atom. The lowest BCUT2D eigenvalue weighted by Gasteiger charge is -2.39. The van der Waals surface area contributed by atoms with Gasteiger partial charge in [-0.15, -0.1) is 10.2 Å². The minimum atomic E-state index is -0.658. The van der Waals surface area contributed by atoms with Gasteiger partial charge < -0.3 is 9.47 Å². The predicted octanol–water partition coefficient (Wildman–Crippen LogP) is 5.04. The third-order valence-electron chi connectivity index (χ3n) is 6.27. The van der Waals surface area contributed by atoms with Gasteiger partial charge in [0.1, 0.15) is 5.54 Å². The molecule has 0 N–H and O–H groups in total. The highest BCUT2D eigenvalue weighted by Gasteiger charge is 2.38. The van der Waals surface area contributed by atoms with E-state index in [0.29, 0.717) is 0 Å². The Hall–Kier alpha value is -2.33. The molecule has 0 bridgehead atoms. The minimum Gasteiger partial charge on any atom is -0.326 e. The number of benzene rings is 1. The van der Waals surface area contributed by atoms with E-state index >= 15 is 0 Å². The third kappa shape index (κ3) is 4.95. The standard InChI is InChI=1S/C24H33N5OS/c1-6-29-21(18-10-12-19(13-11-18)23(2,3)4)26-27-22(29)31-16-20(30)28(5)24(17-25)14-8-7-9-15-24/h10-13H,6-9,14-16H2,1-5H3. The third-order valence-corrected chi connectivity index (χ3v) is 7.22. The molecule has 1 fully saturated rings. The molecule has 1 heterocycles. The molecule has 0 radical (unpaired) electrons. The molecule has 31 heavy (non-hydrogen) atoms. The minimum absolute atomic E-state index is 0.0322. The smallest absolute Gasteiger partial charge is 0.234 e. The summed E-state index contributed by atoms with van der Waals surface area (Å²) in [6.07, 6.45) is 4.66. The van der Waals surface area contributed by atoms with Crippen LogP contribution in [0.3, 0.4) is 0 Å². The zero-order valence-corrected chi connectivity index (χ0v) is 20.1. The largest absolute Gasteiger partial charge is 0.326 e. The SMILES string of the molecule is CCn1c(SCC(=O)N(C)C2(C#N)CCCCC2)nnc1-c1ccc(C(C)(C)C)cc1. The molecule has 2 aromatic rings. The topological polar surface area (TPSA) is 74.8 Å². The molecule has 166 valence electrons. The van der Waals surface area contributed by atoms with E-state index in [4.69, 9.17) is 0 Å². The highest BCUT2D eigenvalue weighted by Crippen LogP contribution is 2.33. The Labute approximate surface area is 190 Å². The van der Waals surface area contributed by atoms with E-state index in [2.05, 4.69) is 68.2 Å². The Kier molecular flexibility index (Phi) is 7.10. The van der Waals surface area contributed by atoms with Crippen molar-refractivity contribution in [2.24, 2.45) is 0 Å². The summed E-state index contributed by atoms with van der Waals surface area (Å²) in [4.78, 5) is 14.5. The first-order chi connectivity index (χ1) is 14.7. The summed E-state index contributed by atoms with van der Waals surface area (Å²) >= 11 is 1.39. The van der Waals surface area contributed by atoms with Crippen molar-refractivity contribution in [3.8, 4) is 17.5 Å². The zero-order valence-electron chi connectivity index (χ0n) is 19.3. The van der Waals surface area contributed by atoms with Gasteiger partial charge in [-0.2, -0.15) is 5.26 Å². The maximum Gasteiger partial charge on any atom is 0.234 e. The van der Waals surface area contributed by atoms with Gasteiger partial charge >= 0.3 is 0 Å². The highest BCUT2D eigenvalue weighted by molar-refractivity contribution is 7.99. The summed E-state index contributed by atoms with van der Waals surface area (Å²) < 4.78 is 2.05. The van der Waals surface area contributed by atoms with E-state index in [1.807, 2.05) is 4.57 Å². The Morgan fingerprint density at radius 1 is 1.19 bits per heavy atom. The molecule has 3 rings (SSSR count). The summed E-state index contributed by atoms with van der Waals surface area (Å²) in [5.74, 6) is 1.03. The van der Waals surface area contributed by atoms with E-state index in [9.17, 15) is 10.1 Å². The molecule has 1 saturated carbocycles. The fourth-order valence-electron chi connectivity index (χ4n) is 4.13. The van der Waals surface area contributed by atoms with Gasteiger partial charge in [0.2, 0.25) is 5.91 Å². The van der Waals surface area contributed by atoms with Crippen LogP contribution in [-0.4, -0.2) is 43.9 Å².